The molecule has 112 valence electrons. The van der Waals surface area contributed by atoms with Gasteiger partial charge in [0.2, 0.25) is 0 Å². The summed E-state index contributed by atoms with van der Waals surface area (Å²) in [6.45, 7) is 8.34. The summed E-state index contributed by atoms with van der Waals surface area (Å²) in [6.07, 6.45) is 1.06. The highest BCUT2D eigenvalue weighted by Crippen LogP contribution is 2.18. The van der Waals surface area contributed by atoms with Gasteiger partial charge in [-0.05, 0) is 52.9 Å². The molecule has 0 fully saturated rings. The van der Waals surface area contributed by atoms with Crippen LogP contribution in [0.4, 0.5) is 5.69 Å². The number of nitrogens with one attached hydrogen (secondary N) is 1. The Kier molecular flexibility index (Phi) is 6.61. The second-order valence-corrected chi connectivity index (χ2v) is 5.46. The van der Waals surface area contributed by atoms with Crippen LogP contribution in [0, 0.1) is 10.1 Å². The number of nitrogens with zero attached hydrogens (tertiary/aromatic N) is 2. The summed E-state index contributed by atoms with van der Waals surface area (Å²) in [5, 5.41) is 14.2. The number of benzene rings is 1. The maximum Gasteiger partial charge on any atom is 0.269 e. The van der Waals surface area contributed by atoms with Gasteiger partial charge in [-0.25, -0.2) is 0 Å². The Morgan fingerprint density at radius 3 is 2.65 bits per heavy atom. The van der Waals surface area contributed by atoms with Crippen LogP contribution in [-0.2, 0) is 0 Å². The van der Waals surface area contributed by atoms with Crippen molar-refractivity contribution in [1.29, 1.82) is 0 Å². The molecule has 1 N–H and O–H groups in total. The first kappa shape index (κ1) is 16.6. The number of hydrogen-bond acceptors (Lipinski definition) is 4. The van der Waals surface area contributed by atoms with E-state index in [0.29, 0.717) is 6.04 Å². The second-order valence-electron chi connectivity index (χ2n) is 5.46. The summed E-state index contributed by atoms with van der Waals surface area (Å²) in [5.74, 6) is 0. The summed E-state index contributed by atoms with van der Waals surface area (Å²) in [4.78, 5) is 12.7. The predicted octanol–water partition coefficient (Wildman–Crippen LogP) is 2.98. The maximum absolute atomic E-state index is 10.8. The number of rotatable bonds is 8. The van der Waals surface area contributed by atoms with Crippen LogP contribution in [0.5, 0.6) is 0 Å². The first-order valence-electron chi connectivity index (χ1n) is 7.09. The van der Waals surface area contributed by atoms with Crippen LogP contribution in [0.2, 0.25) is 0 Å². The minimum atomic E-state index is -0.353. The first-order chi connectivity index (χ1) is 9.41. The van der Waals surface area contributed by atoms with Crippen molar-refractivity contribution in [3.05, 3.63) is 39.9 Å². The Hall–Kier alpha value is -1.46. The molecular weight excluding hydrogens is 254 g/mol. The van der Waals surface area contributed by atoms with Gasteiger partial charge in [0.1, 0.15) is 0 Å². The summed E-state index contributed by atoms with van der Waals surface area (Å²) in [7, 11) is 2.12. The monoisotopic (exact) mass is 279 g/mol. The van der Waals surface area contributed by atoms with Crippen molar-refractivity contribution >= 4 is 5.69 Å². The molecule has 5 nitrogen and oxygen atoms in total. The van der Waals surface area contributed by atoms with E-state index in [4.69, 9.17) is 0 Å². The highest BCUT2D eigenvalue weighted by atomic mass is 16.6. The Morgan fingerprint density at radius 2 is 2.05 bits per heavy atom. The zero-order valence-corrected chi connectivity index (χ0v) is 12.8. The van der Waals surface area contributed by atoms with E-state index in [9.17, 15) is 10.1 Å². The van der Waals surface area contributed by atoms with Gasteiger partial charge in [0.05, 0.1) is 4.92 Å². The molecule has 0 bridgehead atoms. The van der Waals surface area contributed by atoms with Gasteiger partial charge < -0.3 is 10.2 Å². The molecule has 0 heterocycles. The molecule has 0 aliphatic rings. The summed E-state index contributed by atoms with van der Waals surface area (Å²) in [6, 6.07) is 7.50. The van der Waals surface area contributed by atoms with Gasteiger partial charge in [-0.15, -0.1) is 0 Å². The highest BCUT2D eigenvalue weighted by molar-refractivity contribution is 5.35. The largest absolute Gasteiger partial charge is 0.310 e. The van der Waals surface area contributed by atoms with Gasteiger partial charge in [0.25, 0.3) is 5.69 Å². The van der Waals surface area contributed by atoms with Crippen molar-refractivity contribution in [2.24, 2.45) is 0 Å². The fourth-order valence-electron chi connectivity index (χ4n) is 1.93. The second kappa shape index (κ2) is 7.97. The Morgan fingerprint density at radius 1 is 1.35 bits per heavy atom. The molecule has 20 heavy (non-hydrogen) atoms. The highest BCUT2D eigenvalue weighted by Gasteiger charge is 2.10. The number of nitro groups is 1. The average Bonchev–Trinajstić information content (AvgIpc) is 2.43. The molecule has 0 radical (unpaired) electrons. The molecule has 0 aliphatic heterocycles. The van der Waals surface area contributed by atoms with E-state index < -0.39 is 0 Å². The minimum Gasteiger partial charge on any atom is -0.310 e. The van der Waals surface area contributed by atoms with E-state index in [-0.39, 0.29) is 16.7 Å². The van der Waals surface area contributed by atoms with Crippen molar-refractivity contribution in [1.82, 2.24) is 10.2 Å². The standard InChI is InChI=1S/C15H25N3O2/c1-12(2)17(4)10-6-9-16-13(3)14-7-5-8-15(11-14)18(19)20/h5,7-8,11-13,16H,6,9-10H2,1-4H3. The lowest BCUT2D eigenvalue weighted by atomic mass is 10.1. The normalized spacial score (nSPS) is 12.9. The fraction of sp³-hybridized carbons (Fsp3) is 0.600. The van der Waals surface area contributed by atoms with Gasteiger partial charge >= 0.3 is 0 Å². The van der Waals surface area contributed by atoms with E-state index in [1.165, 1.54) is 6.07 Å². The third kappa shape index (κ3) is 5.27. The maximum atomic E-state index is 10.8. The SMILES string of the molecule is CC(NCCCN(C)C(C)C)c1cccc([N+](=O)[O-])c1. The van der Waals surface area contributed by atoms with Gasteiger partial charge in [0.15, 0.2) is 0 Å². The first-order valence-corrected chi connectivity index (χ1v) is 7.09. The molecule has 1 aromatic carbocycles. The lowest BCUT2D eigenvalue weighted by Crippen LogP contribution is -2.30. The molecule has 1 aromatic rings. The van der Waals surface area contributed by atoms with Gasteiger partial charge in [-0.2, -0.15) is 0 Å². The third-order valence-electron chi connectivity index (χ3n) is 3.60. The molecule has 0 saturated heterocycles. The lowest BCUT2D eigenvalue weighted by molar-refractivity contribution is -0.384. The Balaban J connectivity index is 2.41. The molecule has 1 rings (SSSR count). The summed E-state index contributed by atoms with van der Waals surface area (Å²) >= 11 is 0. The van der Waals surface area contributed by atoms with E-state index in [1.54, 1.807) is 12.1 Å². The zero-order chi connectivity index (χ0) is 15.1. The number of nitro benzene ring substituents is 1. The molecule has 0 spiro atoms. The third-order valence-corrected chi connectivity index (χ3v) is 3.60. The summed E-state index contributed by atoms with van der Waals surface area (Å²) < 4.78 is 0. The van der Waals surface area contributed by atoms with Crippen LogP contribution in [0.3, 0.4) is 0 Å². The number of non-ortho nitro benzene ring substituents is 1. The molecule has 0 aromatic heterocycles. The molecule has 0 aliphatic carbocycles. The molecule has 5 heteroatoms. The van der Waals surface area contributed by atoms with E-state index in [2.05, 4.69) is 31.1 Å². The summed E-state index contributed by atoms with van der Waals surface area (Å²) in [5.41, 5.74) is 1.10. The van der Waals surface area contributed by atoms with Crippen molar-refractivity contribution in [2.75, 3.05) is 20.1 Å². The fourth-order valence-corrected chi connectivity index (χ4v) is 1.93. The molecule has 1 unspecified atom stereocenters. The molecule has 1 atom stereocenters. The van der Waals surface area contributed by atoms with Crippen LogP contribution in [0.25, 0.3) is 0 Å². The smallest absolute Gasteiger partial charge is 0.269 e. The van der Waals surface area contributed by atoms with Gasteiger partial charge in [0, 0.05) is 24.2 Å². The molecular formula is C15H25N3O2. The molecule has 0 saturated carbocycles. The van der Waals surface area contributed by atoms with Crippen molar-refractivity contribution in [3.63, 3.8) is 0 Å². The lowest BCUT2D eigenvalue weighted by Gasteiger charge is -2.21. The Labute approximate surface area is 121 Å². The minimum absolute atomic E-state index is 0.124. The predicted molar refractivity (Wildman–Crippen MR) is 81.9 cm³/mol. The van der Waals surface area contributed by atoms with Crippen LogP contribution in [0.1, 0.15) is 38.8 Å². The van der Waals surface area contributed by atoms with Crippen LogP contribution in [0.15, 0.2) is 24.3 Å². The molecule has 0 amide bonds. The van der Waals surface area contributed by atoms with Crippen LogP contribution < -0.4 is 5.32 Å². The average molecular weight is 279 g/mol. The van der Waals surface area contributed by atoms with Crippen LogP contribution in [-0.4, -0.2) is 36.0 Å². The quantitative estimate of drug-likeness (QED) is 0.451. The van der Waals surface area contributed by atoms with E-state index >= 15 is 0 Å². The van der Waals surface area contributed by atoms with E-state index in [0.717, 1.165) is 25.1 Å². The number of hydrogen-bond donors (Lipinski definition) is 1. The van der Waals surface area contributed by atoms with Crippen molar-refractivity contribution in [2.45, 2.75) is 39.3 Å². The van der Waals surface area contributed by atoms with Gasteiger partial charge in [-0.1, -0.05) is 12.1 Å². The Bertz CT molecular complexity index is 435. The van der Waals surface area contributed by atoms with Crippen molar-refractivity contribution < 1.29 is 4.92 Å². The van der Waals surface area contributed by atoms with Crippen LogP contribution >= 0.6 is 0 Å². The van der Waals surface area contributed by atoms with Crippen molar-refractivity contribution in [3.8, 4) is 0 Å². The topological polar surface area (TPSA) is 58.4 Å². The zero-order valence-electron chi connectivity index (χ0n) is 12.8. The van der Waals surface area contributed by atoms with E-state index in [1.807, 2.05) is 13.0 Å². The van der Waals surface area contributed by atoms with Gasteiger partial charge in [-0.3, -0.25) is 10.1 Å².